The summed E-state index contributed by atoms with van der Waals surface area (Å²) in [5.74, 6) is 0.734. The maximum absolute atomic E-state index is 11.6. The number of rotatable bonds is 7. The third-order valence-electron chi connectivity index (χ3n) is 2.84. The van der Waals surface area contributed by atoms with Crippen molar-refractivity contribution in [3.05, 3.63) is 0 Å². The van der Waals surface area contributed by atoms with Crippen LogP contribution in [0.5, 0.6) is 0 Å². The van der Waals surface area contributed by atoms with Gasteiger partial charge in [0.25, 0.3) is 0 Å². The SMILES string of the molecule is CCC(CC1CC1)NC(=O)C(N)COC. The summed E-state index contributed by atoms with van der Waals surface area (Å²) in [6, 6.07) is -0.254. The van der Waals surface area contributed by atoms with E-state index in [0.29, 0.717) is 0 Å². The van der Waals surface area contributed by atoms with Gasteiger partial charge >= 0.3 is 0 Å². The lowest BCUT2D eigenvalue weighted by Gasteiger charge is -2.19. The second-order valence-corrected chi connectivity index (χ2v) is 4.35. The highest BCUT2D eigenvalue weighted by Gasteiger charge is 2.26. The van der Waals surface area contributed by atoms with Gasteiger partial charge in [-0.2, -0.15) is 0 Å². The molecule has 4 nitrogen and oxygen atoms in total. The molecule has 0 aromatic heterocycles. The van der Waals surface area contributed by atoms with E-state index in [1.165, 1.54) is 12.8 Å². The number of carbonyl (C=O) groups is 1. The lowest BCUT2D eigenvalue weighted by Crippen LogP contribution is -2.47. The summed E-state index contributed by atoms with van der Waals surface area (Å²) in [5.41, 5.74) is 5.64. The summed E-state index contributed by atoms with van der Waals surface area (Å²) in [5, 5.41) is 2.98. The molecule has 3 N–H and O–H groups in total. The number of hydrogen-bond donors (Lipinski definition) is 2. The van der Waals surface area contributed by atoms with Crippen LogP contribution >= 0.6 is 0 Å². The van der Waals surface area contributed by atoms with Crippen molar-refractivity contribution < 1.29 is 9.53 Å². The highest BCUT2D eigenvalue weighted by atomic mass is 16.5. The Hall–Kier alpha value is -0.610. The molecule has 2 atom stereocenters. The van der Waals surface area contributed by atoms with Crippen molar-refractivity contribution in [1.29, 1.82) is 0 Å². The van der Waals surface area contributed by atoms with Gasteiger partial charge in [0, 0.05) is 13.2 Å². The van der Waals surface area contributed by atoms with Gasteiger partial charge in [-0.05, 0) is 18.8 Å². The summed E-state index contributed by atoms with van der Waals surface area (Å²) in [7, 11) is 1.55. The molecule has 4 heteroatoms. The van der Waals surface area contributed by atoms with E-state index in [1.807, 2.05) is 0 Å². The monoisotopic (exact) mass is 214 g/mol. The van der Waals surface area contributed by atoms with E-state index >= 15 is 0 Å². The molecule has 1 aliphatic carbocycles. The third kappa shape index (κ3) is 4.62. The van der Waals surface area contributed by atoms with E-state index in [4.69, 9.17) is 10.5 Å². The van der Waals surface area contributed by atoms with E-state index in [-0.39, 0.29) is 18.6 Å². The molecule has 1 fully saturated rings. The van der Waals surface area contributed by atoms with Crippen LogP contribution in [0.3, 0.4) is 0 Å². The molecule has 0 aliphatic heterocycles. The minimum Gasteiger partial charge on any atom is -0.383 e. The molecular formula is C11H22N2O2. The van der Waals surface area contributed by atoms with Crippen molar-refractivity contribution in [3.8, 4) is 0 Å². The zero-order valence-electron chi connectivity index (χ0n) is 9.66. The lowest BCUT2D eigenvalue weighted by atomic mass is 10.1. The summed E-state index contributed by atoms with van der Waals surface area (Å²) in [4.78, 5) is 11.6. The van der Waals surface area contributed by atoms with Gasteiger partial charge < -0.3 is 15.8 Å². The maximum Gasteiger partial charge on any atom is 0.239 e. The molecule has 0 heterocycles. The van der Waals surface area contributed by atoms with E-state index in [1.54, 1.807) is 7.11 Å². The average molecular weight is 214 g/mol. The Morgan fingerprint density at radius 2 is 2.27 bits per heavy atom. The second-order valence-electron chi connectivity index (χ2n) is 4.35. The first-order valence-corrected chi connectivity index (χ1v) is 5.72. The van der Waals surface area contributed by atoms with E-state index in [2.05, 4.69) is 12.2 Å². The maximum atomic E-state index is 11.6. The Labute approximate surface area is 91.5 Å². The fourth-order valence-electron chi connectivity index (χ4n) is 1.65. The predicted molar refractivity (Wildman–Crippen MR) is 59.4 cm³/mol. The Balaban J connectivity index is 2.25. The van der Waals surface area contributed by atoms with Crippen LogP contribution in [0.25, 0.3) is 0 Å². The van der Waals surface area contributed by atoms with Crippen molar-refractivity contribution >= 4 is 5.91 Å². The summed E-state index contributed by atoms with van der Waals surface area (Å²) in [6.07, 6.45) is 4.71. The van der Waals surface area contributed by atoms with Gasteiger partial charge in [-0.15, -0.1) is 0 Å². The fraction of sp³-hybridized carbons (Fsp3) is 0.909. The number of ether oxygens (including phenoxy) is 1. The van der Waals surface area contributed by atoms with Crippen molar-refractivity contribution in [2.75, 3.05) is 13.7 Å². The van der Waals surface area contributed by atoms with Crippen LogP contribution in [-0.2, 0) is 9.53 Å². The van der Waals surface area contributed by atoms with Crippen LogP contribution in [0.15, 0.2) is 0 Å². The van der Waals surface area contributed by atoms with Gasteiger partial charge in [0.05, 0.1) is 6.61 Å². The molecule has 1 amide bonds. The number of nitrogens with two attached hydrogens (primary N) is 1. The standard InChI is InChI=1S/C11H22N2O2/c1-3-9(6-8-4-5-8)13-11(14)10(12)7-15-2/h8-10H,3-7,12H2,1-2H3,(H,13,14). The minimum absolute atomic E-state index is 0.0932. The van der Waals surface area contributed by atoms with E-state index in [9.17, 15) is 4.79 Å². The van der Waals surface area contributed by atoms with Crippen LogP contribution in [0.4, 0.5) is 0 Å². The van der Waals surface area contributed by atoms with Gasteiger partial charge in [0.2, 0.25) is 5.91 Å². The first kappa shape index (κ1) is 12.5. The van der Waals surface area contributed by atoms with Crippen LogP contribution in [0.2, 0.25) is 0 Å². The molecule has 0 radical (unpaired) electrons. The van der Waals surface area contributed by atoms with Crippen LogP contribution in [0, 0.1) is 5.92 Å². The van der Waals surface area contributed by atoms with Crippen molar-refractivity contribution in [2.24, 2.45) is 11.7 Å². The molecule has 0 spiro atoms. The first-order chi connectivity index (χ1) is 7.17. The molecule has 1 saturated carbocycles. The average Bonchev–Trinajstić information content (AvgIpc) is 3.00. The number of amides is 1. The Morgan fingerprint density at radius 3 is 2.73 bits per heavy atom. The van der Waals surface area contributed by atoms with Crippen LogP contribution in [0.1, 0.15) is 32.6 Å². The predicted octanol–water partition coefficient (Wildman–Crippen LogP) is 0.655. The lowest BCUT2D eigenvalue weighted by molar-refractivity contribution is -0.124. The molecule has 88 valence electrons. The normalized spacial score (nSPS) is 19.7. The van der Waals surface area contributed by atoms with Crippen molar-refractivity contribution in [3.63, 3.8) is 0 Å². The molecule has 2 unspecified atom stereocenters. The molecule has 0 aromatic rings. The molecule has 0 bridgehead atoms. The molecule has 1 aliphatic rings. The van der Waals surface area contributed by atoms with Crippen molar-refractivity contribution in [1.82, 2.24) is 5.32 Å². The van der Waals surface area contributed by atoms with Crippen LogP contribution < -0.4 is 11.1 Å². The highest BCUT2D eigenvalue weighted by Crippen LogP contribution is 2.33. The first-order valence-electron chi connectivity index (χ1n) is 5.72. The molecule has 15 heavy (non-hydrogen) atoms. The quantitative estimate of drug-likeness (QED) is 0.654. The fourth-order valence-corrected chi connectivity index (χ4v) is 1.65. The zero-order valence-corrected chi connectivity index (χ0v) is 9.66. The number of nitrogens with one attached hydrogen (secondary N) is 1. The Bertz CT molecular complexity index is 205. The smallest absolute Gasteiger partial charge is 0.239 e. The third-order valence-corrected chi connectivity index (χ3v) is 2.84. The van der Waals surface area contributed by atoms with Gasteiger partial charge in [0.15, 0.2) is 0 Å². The van der Waals surface area contributed by atoms with Gasteiger partial charge in [-0.1, -0.05) is 19.8 Å². The molecular weight excluding hydrogens is 192 g/mol. The van der Waals surface area contributed by atoms with Gasteiger partial charge in [0.1, 0.15) is 6.04 Å². The van der Waals surface area contributed by atoms with Gasteiger partial charge in [-0.3, -0.25) is 4.79 Å². The summed E-state index contributed by atoms with van der Waals surface area (Å²) >= 11 is 0. The Kier molecular flexibility index (Phi) is 5.05. The number of hydrogen-bond acceptors (Lipinski definition) is 3. The van der Waals surface area contributed by atoms with E-state index < -0.39 is 6.04 Å². The van der Waals surface area contributed by atoms with Crippen molar-refractivity contribution in [2.45, 2.75) is 44.7 Å². The molecule has 0 aromatic carbocycles. The Morgan fingerprint density at radius 1 is 1.60 bits per heavy atom. The number of carbonyl (C=O) groups excluding carboxylic acids is 1. The summed E-state index contributed by atoms with van der Waals surface area (Å²) in [6.45, 7) is 2.38. The second kappa shape index (κ2) is 6.08. The van der Waals surface area contributed by atoms with E-state index in [0.717, 1.165) is 18.8 Å². The summed E-state index contributed by atoms with van der Waals surface area (Å²) < 4.78 is 4.85. The molecule has 1 rings (SSSR count). The highest BCUT2D eigenvalue weighted by molar-refractivity contribution is 5.81. The zero-order chi connectivity index (χ0) is 11.3. The molecule has 0 saturated heterocycles. The largest absolute Gasteiger partial charge is 0.383 e. The topological polar surface area (TPSA) is 64.4 Å². The van der Waals surface area contributed by atoms with Crippen LogP contribution in [-0.4, -0.2) is 31.7 Å². The number of methoxy groups -OCH3 is 1. The minimum atomic E-state index is -0.539. The van der Waals surface area contributed by atoms with Gasteiger partial charge in [-0.25, -0.2) is 0 Å².